The van der Waals surface area contributed by atoms with Crippen molar-refractivity contribution in [1.29, 1.82) is 0 Å². The molecule has 0 N–H and O–H groups in total. The van der Waals surface area contributed by atoms with E-state index in [0.717, 1.165) is 12.0 Å². The quantitative estimate of drug-likeness (QED) is 0.474. The van der Waals surface area contributed by atoms with Crippen molar-refractivity contribution in [2.24, 2.45) is 0 Å². The van der Waals surface area contributed by atoms with Crippen LogP contribution in [0.1, 0.15) is 18.1 Å². The van der Waals surface area contributed by atoms with Gasteiger partial charge < -0.3 is 14.2 Å². The minimum Gasteiger partial charge on any atom is -0.487 e. The number of hydrogen-bond acceptors (Lipinski definition) is 4. The summed E-state index contributed by atoms with van der Waals surface area (Å²) in [5, 5.41) is 0.565. The largest absolute Gasteiger partial charge is 0.513 e. The third-order valence-electron chi connectivity index (χ3n) is 3.29. The maximum Gasteiger partial charge on any atom is 0.513 e. The Morgan fingerprint density at radius 2 is 2.04 bits per heavy atom. The molecule has 0 atom stereocenters. The van der Waals surface area contributed by atoms with Gasteiger partial charge in [0.1, 0.15) is 23.9 Å². The minimum atomic E-state index is -0.932. The van der Waals surface area contributed by atoms with Crippen molar-refractivity contribution in [2.75, 3.05) is 7.11 Å². The molecule has 0 saturated heterocycles. The van der Waals surface area contributed by atoms with Crippen LogP contribution in [0, 0.1) is 5.82 Å². The fraction of sp³-hybridized carbons (Fsp3) is 0.235. The molecule has 0 spiro atoms. The molecule has 128 valence electrons. The maximum atomic E-state index is 14.1. The highest BCUT2D eigenvalue weighted by atomic mass is 79.9. The van der Waals surface area contributed by atoms with Gasteiger partial charge in [0.05, 0.1) is 17.1 Å². The van der Waals surface area contributed by atoms with Gasteiger partial charge in [-0.1, -0.05) is 24.6 Å². The summed E-state index contributed by atoms with van der Waals surface area (Å²) in [7, 11) is 1.17. The first kappa shape index (κ1) is 18.5. The predicted octanol–water partition coefficient (Wildman–Crippen LogP) is 5.53. The van der Waals surface area contributed by atoms with Crippen molar-refractivity contribution in [3.63, 3.8) is 0 Å². The topological polar surface area (TPSA) is 44.8 Å². The number of benzene rings is 2. The minimum absolute atomic E-state index is 0.0363. The Balaban J connectivity index is 2.23. The van der Waals surface area contributed by atoms with Gasteiger partial charge in [0.25, 0.3) is 0 Å². The second-order valence-electron chi connectivity index (χ2n) is 4.79. The summed E-state index contributed by atoms with van der Waals surface area (Å²) in [4.78, 5) is 11.3. The zero-order valence-corrected chi connectivity index (χ0v) is 15.4. The summed E-state index contributed by atoms with van der Waals surface area (Å²) >= 11 is 9.57. The lowest BCUT2D eigenvalue weighted by atomic mass is 10.1. The molecule has 0 bridgehead atoms. The van der Waals surface area contributed by atoms with Gasteiger partial charge in [-0.15, -0.1) is 0 Å². The standard InChI is InChI=1S/C17H15BrClFO4/c1-3-10-7-12(18)16(8-13(10)19)23-9-11-14(20)5-4-6-15(11)24-17(21)22-2/h4-8H,3,9H2,1-2H3. The molecule has 0 amide bonds. The summed E-state index contributed by atoms with van der Waals surface area (Å²) in [5.74, 6) is -0.0532. The van der Waals surface area contributed by atoms with Crippen LogP contribution in [-0.2, 0) is 17.8 Å². The van der Waals surface area contributed by atoms with Crippen LogP contribution >= 0.6 is 27.5 Å². The van der Waals surface area contributed by atoms with E-state index in [9.17, 15) is 9.18 Å². The summed E-state index contributed by atoms with van der Waals surface area (Å²) < 4.78 is 29.8. The molecule has 2 rings (SSSR count). The van der Waals surface area contributed by atoms with Gasteiger partial charge in [0, 0.05) is 11.1 Å². The van der Waals surface area contributed by atoms with E-state index in [4.69, 9.17) is 21.1 Å². The van der Waals surface area contributed by atoms with Gasteiger partial charge in [0.2, 0.25) is 0 Å². The Bertz CT molecular complexity index is 752. The monoisotopic (exact) mass is 416 g/mol. The maximum absolute atomic E-state index is 14.1. The van der Waals surface area contributed by atoms with E-state index in [1.54, 1.807) is 6.07 Å². The van der Waals surface area contributed by atoms with Gasteiger partial charge in [0.15, 0.2) is 0 Å². The van der Waals surface area contributed by atoms with E-state index < -0.39 is 12.0 Å². The average molecular weight is 418 g/mol. The lowest BCUT2D eigenvalue weighted by molar-refractivity contribution is 0.120. The molecule has 0 radical (unpaired) electrons. The third-order valence-corrected chi connectivity index (χ3v) is 4.26. The second kappa shape index (κ2) is 8.35. The fourth-order valence-electron chi connectivity index (χ4n) is 2.01. The highest BCUT2D eigenvalue weighted by Gasteiger charge is 2.15. The Morgan fingerprint density at radius 3 is 2.71 bits per heavy atom. The van der Waals surface area contributed by atoms with E-state index in [-0.39, 0.29) is 17.9 Å². The van der Waals surface area contributed by atoms with Gasteiger partial charge in [-0.3, -0.25) is 0 Å². The van der Waals surface area contributed by atoms with Crippen molar-refractivity contribution < 1.29 is 23.4 Å². The second-order valence-corrected chi connectivity index (χ2v) is 6.05. The Morgan fingerprint density at radius 1 is 1.29 bits per heavy atom. The van der Waals surface area contributed by atoms with Crippen molar-refractivity contribution in [3.8, 4) is 11.5 Å². The molecule has 0 aromatic heterocycles. The third kappa shape index (κ3) is 4.39. The molecule has 2 aromatic rings. The van der Waals surface area contributed by atoms with Crippen LogP contribution in [0.3, 0.4) is 0 Å². The number of hydrogen-bond donors (Lipinski definition) is 0. The molecule has 0 saturated carbocycles. The molecule has 0 unspecified atom stereocenters. The molecule has 7 heteroatoms. The van der Waals surface area contributed by atoms with Crippen LogP contribution in [0.4, 0.5) is 9.18 Å². The smallest absolute Gasteiger partial charge is 0.487 e. The fourth-order valence-corrected chi connectivity index (χ4v) is 2.80. The molecule has 24 heavy (non-hydrogen) atoms. The lowest BCUT2D eigenvalue weighted by Crippen LogP contribution is -2.11. The van der Waals surface area contributed by atoms with E-state index in [1.807, 2.05) is 13.0 Å². The Kier molecular flexibility index (Phi) is 6.45. The summed E-state index contributed by atoms with van der Waals surface area (Å²) in [6, 6.07) is 7.66. The van der Waals surface area contributed by atoms with E-state index >= 15 is 0 Å². The van der Waals surface area contributed by atoms with Gasteiger partial charge in [-0.25, -0.2) is 9.18 Å². The number of carbonyl (C=O) groups is 1. The molecule has 4 nitrogen and oxygen atoms in total. The molecular weight excluding hydrogens is 403 g/mol. The van der Waals surface area contributed by atoms with Crippen molar-refractivity contribution in [1.82, 2.24) is 0 Å². The molecule has 0 aliphatic rings. The average Bonchev–Trinajstić information content (AvgIpc) is 2.56. The number of methoxy groups -OCH3 is 1. The highest BCUT2D eigenvalue weighted by Crippen LogP contribution is 2.33. The molecule has 0 aliphatic heterocycles. The first-order valence-electron chi connectivity index (χ1n) is 7.10. The first-order chi connectivity index (χ1) is 11.5. The SMILES string of the molecule is CCc1cc(Br)c(OCc2c(F)cccc2OC(=O)OC)cc1Cl. The van der Waals surface area contributed by atoms with Crippen molar-refractivity contribution in [2.45, 2.75) is 20.0 Å². The summed E-state index contributed by atoms with van der Waals surface area (Å²) in [6.07, 6.45) is -0.152. The summed E-state index contributed by atoms with van der Waals surface area (Å²) in [6.45, 7) is 1.85. The lowest BCUT2D eigenvalue weighted by Gasteiger charge is -2.14. The Labute approximate surface area is 152 Å². The number of ether oxygens (including phenoxy) is 3. The van der Waals surface area contributed by atoms with Crippen LogP contribution in [-0.4, -0.2) is 13.3 Å². The van der Waals surface area contributed by atoms with Gasteiger partial charge in [-0.05, 0) is 46.1 Å². The Hall–Kier alpha value is -1.79. The van der Waals surface area contributed by atoms with Gasteiger partial charge >= 0.3 is 6.16 Å². The molecule has 0 heterocycles. The molecule has 0 aliphatic carbocycles. The highest BCUT2D eigenvalue weighted by molar-refractivity contribution is 9.10. The zero-order valence-electron chi connectivity index (χ0n) is 13.1. The molecule has 2 aromatic carbocycles. The van der Waals surface area contributed by atoms with Crippen LogP contribution < -0.4 is 9.47 Å². The van der Waals surface area contributed by atoms with Crippen LogP contribution in [0.15, 0.2) is 34.8 Å². The predicted molar refractivity (Wildman–Crippen MR) is 92.3 cm³/mol. The number of carbonyl (C=O) groups excluding carboxylic acids is 1. The number of aryl methyl sites for hydroxylation is 1. The normalized spacial score (nSPS) is 10.4. The van der Waals surface area contributed by atoms with E-state index in [1.165, 1.54) is 25.3 Å². The van der Waals surface area contributed by atoms with E-state index in [0.29, 0.717) is 15.2 Å². The first-order valence-corrected chi connectivity index (χ1v) is 8.27. The van der Waals surface area contributed by atoms with Crippen molar-refractivity contribution >= 4 is 33.7 Å². The van der Waals surface area contributed by atoms with Crippen LogP contribution in [0.5, 0.6) is 11.5 Å². The van der Waals surface area contributed by atoms with E-state index in [2.05, 4.69) is 20.7 Å². The van der Waals surface area contributed by atoms with Gasteiger partial charge in [-0.2, -0.15) is 0 Å². The molecule has 0 fully saturated rings. The van der Waals surface area contributed by atoms with Crippen LogP contribution in [0.2, 0.25) is 5.02 Å². The zero-order chi connectivity index (χ0) is 17.7. The summed E-state index contributed by atoms with van der Waals surface area (Å²) in [5.41, 5.74) is 1.07. The van der Waals surface area contributed by atoms with Crippen molar-refractivity contribution in [3.05, 3.63) is 56.8 Å². The molecular formula is C17H15BrClFO4. The van der Waals surface area contributed by atoms with Crippen LogP contribution in [0.25, 0.3) is 0 Å². The number of rotatable bonds is 5. The number of halogens is 3.